The highest BCUT2D eigenvalue weighted by Gasteiger charge is 2.47. The zero-order chi connectivity index (χ0) is 13.3. The summed E-state index contributed by atoms with van der Waals surface area (Å²) in [5.74, 6) is 0.659. The molecule has 0 aromatic heterocycles. The van der Waals surface area contributed by atoms with Crippen molar-refractivity contribution < 1.29 is 9.84 Å². The Morgan fingerprint density at radius 3 is 2.72 bits per heavy atom. The van der Waals surface area contributed by atoms with E-state index in [-0.39, 0.29) is 17.6 Å². The number of methoxy groups -OCH3 is 1. The fourth-order valence-corrected chi connectivity index (χ4v) is 2.22. The summed E-state index contributed by atoms with van der Waals surface area (Å²) in [5, 5.41) is 21.9. The zero-order valence-electron chi connectivity index (χ0n) is 10.9. The molecule has 1 saturated carbocycles. The third-order valence-corrected chi connectivity index (χ3v) is 3.88. The Morgan fingerprint density at radius 2 is 2.22 bits per heavy atom. The summed E-state index contributed by atoms with van der Waals surface area (Å²) in [6, 6.07) is 7.62. The average molecular weight is 246 g/mol. The van der Waals surface area contributed by atoms with Crippen molar-refractivity contribution in [1.82, 2.24) is 0 Å². The fraction of sp³-hybridized carbons (Fsp3) is 0.500. The van der Waals surface area contributed by atoms with Gasteiger partial charge in [-0.3, -0.25) is 0 Å². The van der Waals surface area contributed by atoms with Crippen LogP contribution in [0.4, 0.5) is 5.69 Å². The molecule has 1 aliphatic rings. The van der Waals surface area contributed by atoms with Crippen molar-refractivity contribution in [2.45, 2.75) is 32.4 Å². The first-order valence-corrected chi connectivity index (χ1v) is 6.01. The molecule has 0 saturated heterocycles. The predicted molar refractivity (Wildman–Crippen MR) is 69.5 cm³/mol. The average Bonchev–Trinajstić information content (AvgIpc) is 2.38. The van der Waals surface area contributed by atoms with Crippen LogP contribution in [-0.4, -0.2) is 24.4 Å². The van der Waals surface area contributed by atoms with Crippen LogP contribution in [0.5, 0.6) is 5.75 Å². The molecule has 1 fully saturated rings. The molecule has 0 bridgehead atoms. The minimum Gasteiger partial charge on any atom is -0.495 e. The van der Waals surface area contributed by atoms with E-state index in [0.717, 1.165) is 12.1 Å². The molecular weight excluding hydrogens is 228 g/mol. The number of benzene rings is 1. The van der Waals surface area contributed by atoms with Crippen molar-refractivity contribution in [3.8, 4) is 11.8 Å². The summed E-state index contributed by atoms with van der Waals surface area (Å²) in [4.78, 5) is 0. The highest BCUT2D eigenvalue weighted by molar-refractivity contribution is 5.60. The van der Waals surface area contributed by atoms with Gasteiger partial charge in [0.1, 0.15) is 5.75 Å². The fourth-order valence-electron chi connectivity index (χ4n) is 2.22. The van der Waals surface area contributed by atoms with E-state index < -0.39 is 0 Å². The molecule has 0 radical (unpaired) electrons. The molecule has 2 unspecified atom stereocenters. The number of aliphatic hydroxyl groups excluding tert-OH is 1. The number of rotatable bonds is 3. The molecule has 1 aliphatic carbocycles. The highest BCUT2D eigenvalue weighted by Crippen LogP contribution is 2.43. The van der Waals surface area contributed by atoms with Gasteiger partial charge in [0.15, 0.2) is 0 Å². The van der Waals surface area contributed by atoms with E-state index in [2.05, 4.69) is 11.4 Å². The second-order valence-electron chi connectivity index (χ2n) is 5.30. The molecule has 1 aromatic rings. The third-order valence-electron chi connectivity index (χ3n) is 3.88. The quantitative estimate of drug-likeness (QED) is 0.857. The number of hydrogen-bond donors (Lipinski definition) is 2. The first-order valence-electron chi connectivity index (χ1n) is 6.01. The van der Waals surface area contributed by atoms with Crippen LogP contribution in [0.3, 0.4) is 0 Å². The Hall–Kier alpha value is -1.73. The van der Waals surface area contributed by atoms with Gasteiger partial charge in [0, 0.05) is 17.5 Å². The molecule has 0 heterocycles. The van der Waals surface area contributed by atoms with E-state index in [0.29, 0.717) is 11.3 Å². The molecule has 4 nitrogen and oxygen atoms in total. The van der Waals surface area contributed by atoms with Crippen LogP contribution in [-0.2, 0) is 0 Å². The molecule has 0 aliphatic heterocycles. The predicted octanol–water partition coefficient (Wildman–Crippen LogP) is 2.14. The highest BCUT2D eigenvalue weighted by atomic mass is 16.5. The van der Waals surface area contributed by atoms with E-state index >= 15 is 0 Å². The van der Waals surface area contributed by atoms with Crippen LogP contribution < -0.4 is 10.1 Å². The van der Waals surface area contributed by atoms with Gasteiger partial charge in [0.05, 0.1) is 30.5 Å². The summed E-state index contributed by atoms with van der Waals surface area (Å²) in [7, 11) is 1.59. The lowest BCUT2D eigenvalue weighted by molar-refractivity contribution is -0.0511. The third kappa shape index (κ3) is 2.02. The summed E-state index contributed by atoms with van der Waals surface area (Å²) in [6.07, 6.45) is 0.468. The summed E-state index contributed by atoms with van der Waals surface area (Å²) >= 11 is 0. The maximum Gasteiger partial charge on any atom is 0.143 e. The van der Waals surface area contributed by atoms with E-state index in [1.165, 1.54) is 0 Å². The normalized spacial score (nSPS) is 24.8. The lowest BCUT2D eigenvalue weighted by Crippen LogP contribution is -2.56. The molecule has 0 amide bonds. The maximum absolute atomic E-state index is 9.72. The number of anilines is 1. The van der Waals surface area contributed by atoms with Crippen molar-refractivity contribution >= 4 is 5.69 Å². The van der Waals surface area contributed by atoms with Gasteiger partial charge >= 0.3 is 0 Å². The van der Waals surface area contributed by atoms with Gasteiger partial charge in [-0.25, -0.2) is 0 Å². The molecule has 2 rings (SSSR count). The van der Waals surface area contributed by atoms with Crippen molar-refractivity contribution in [3.05, 3.63) is 23.8 Å². The smallest absolute Gasteiger partial charge is 0.143 e. The number of aliphatic hydroxyl groups is 1. The standard InChI is InChI=1S/C14H18N2O2/c1-14(2)12(7-13(14)17)16-10-5-4-9(8-15)6-11(10)18-3/h4-6,12-13,16-17H,7H2,1-3H3. The zero-order valence-corrected chi connectivity index (χ0v) is 10.9. The molecule has 4 heteroatoms. The van der Waals surface area contributed by atoms with Crippen LogP contribution >= 0.6 is 0 Å². The molecule has 2 N–H and O–H groups in total. The van der Waals surface area contributed by atoms with Gasteiger partial charge in [-0.2, -0.15) is 5.26 Å². The van der Waals surface area contributed by atoms with E-state index in [1.807, 2.05) is 19.9 Å². The van der Waals surface area contributed by atoms with Crippen molar-refractivity contribution in [1.29, 1.82) is 5.26 Å². The maximum atomic E-state index is 9.72. The summed E-state index contributed by atoms with van der Waals surface area (Å²) < 4.78 is 5.28. The second-order valence-corrected chi connectivity index (χ2v) is 5.30. The van der Waals surface area contributed by atoms with Gasteiger partial charge < -0.3 is 15.2 Å². The van der Waals surface area contributed by atoms with Crippen LogP contribution in [0.25, 0.3) is 0 Å². The molecule has 2 atom stereocenters. The summed E-state index contributed by atoms with van der Waals surface area (Å²) in [6.45, 7) is 4.07. The van der Waals surface area contributed by atoms with E-state index in [9.17, 15) is 5.11 Å². The lowest BCUT2D eigenvalue weighted by atomic mass is 9.64. The monoisotopic (exact) mass is 246 g/mol. The number of nitriles is 1. The summed E-state index contributed by atoms with van der Waals surface area (Å²) in [5.41, 5.74) is 1.30. The molecular formula is C14H18N2O2. The Morgan fingerprint density at radius 1 is 1.50 bits per heavy atom. The minimum absolute atomic E-state index is 0.140. The molecule has 1 aromatic carbocycles. The van der Waals surface area contributed by atoms with E-state index in [1.54, 1.807) is 19.2 Å². The second kappa shape index (κ2) is 4.51. The van der Waals surface area contributed by atoms with Crippen molar-refractivity contribution in [3.63, 3.8) is 0 Å². The topological polar surface area (TPSA) is 65.3 Å². The Kier molecular flexibility index (Phi) is 3.18. The largest absolute Gasteiger partial charge is 0.495 e. The van der Waals surface area contributed by atoms with Crippen LogP contribution in [0.15, 0.2) is 18.2 Å². The molecule has 18 heavy (non-hydrogen) atoms. The van der Waals surface area contributed by atoms with Crippen LogP contribution in [0, 0.1) is 16.7 Å². The molecule has 0 spiro atoms. The Labute approximate surface area is 107 Å². The first kappa shape index (κ1) is 12.7. The van der Waals surface area contributed by atoms with Crippen LogP contribution in [0.1, 0.15) is 25.8 Å². The van der Waals surface area contributed by atoms with Gasteiger partial charge in [0.25, 0.3) is 0 Å². The van der Waals surface area contributed by atoms with Crippen molar-refractivity contribution in [2.75, 3.05) is 12.4 Å². The van der Waals surface area contributed by atoms with Gasteiger partial charge in [0.2, 0.25) is 0 Å². The van der Waals surface area contributed by atoms with E-state index in [4.69, 9.17) is 10.00 Å². The Bertz CT molecular complexity index is 491. The van der Waals surface area contributed by atoms with Gasteiger partial charge in [-0.15, -0.1) is 0 Å². The van der Waals surface area contributed by atoms with Gasteiger partial charge in [-0.05, 0) is 18.6 Å². The minimum atomic E-state index is -0.264. The SMILES string of the molecule is COc1cc(C#N)ccc1NC1CC(O)C1(C)C. The first-order chi connectivity index (χ1) is 8.48. The number of ether oxygens (including phenoxy) is 1. The van der Waals surface area contributed by atoms with Crippen molar-refractivity contribution in [2.24, 2.45) is 5.41 Å². The molecule has 96 valence electrons. The number of hydrogen-bond acceptors (Lipinski definition) is 4. The van der Waals surface area contributed by atoms with Crippen LogP contribution in [0.2, 0.25) is 0 Å². The lowest BCUT2D eigenvalue weighted by Gasteiger charge is -2.50. The number of nitrogens with zero attached hydrogens (tertiary/aromatic N) is 1. The van der Waals surface area contributed by atoms with Gasteiger partial charge in [-0.1, -0.05) is 13.8 Å². The number of nitrogens with one attached hydrogen (secondary N) is 1. The Balaban J connectivity index is 2.18.